The molecule has 1 atom stereocenters. The van der Waals surface area contributed by atoms with Crippen LogP contribution < -0.4 is 5.73 Å². The van der Waals surface area contributed by atoms with Crippen LogP contribution in [0.2, 0.25) is 0 Å². The van der Waals surface area contributed by atoms with Crippen molar-refractivity contribution in [2.75, 3.05) is 25.4 Å². The van der Waals surface area contributed by atoms with E-state index in [-0.39, 0.29) is 5.91 Å². The van der Waals surface area contributed by atoms with Gasteiger partial charge in [-0.3, -0.25) is 4.79 Å². The number of carbonyl (C=O) groups is 1. The minimum atomic E-state index is 0.172. The van der Waals surface area contributed by atoms with Gasteiger partial charge in [-0.1, -0.05) is 19.1 Å². The number of likely N-dealkylation sites (N-methyl/N-ethyl adjacent to an activating group) is 1. The lowest BCUT2D eigenvalue weighted by Crippen LogP contribution is -2.34. The van der Waals surface area contributed by atoms with Crippen molar-refractivity contribution < 1.29 is 4.79 Å². The molecule has 4 heteroatoms. The predicted molar refractivity (Wildman–Crippen MR) is 68.0 cm³/mol. The Morgan fingerprint density at radius 3 is 2.60 bits per heavy atom. The summed E-state index contributed by atoms with van der Waals surface area (Å²) in [5.74, 6) is 0.685. The van der Waals surface area contributed by atoms with Gasteiger partial charge in [0, 0.05) is 24.9 Å². The van der Waals surface area contributed by atoms with Crippen LogP contribution >= 0.6 is 11.8 Å². The minimum absolute atomic E-state index is 0.172. The van der Waals surface area contributed by atoms with E-state index in [9.17, 15) is 4.79 Å². The zero-order valence-corrected chi connectivity index (χ0v) is 10.8. The van der Waals surface area contributed by atoms with E-state index >= 15 is 0 Å². The highest BCUT2D eigenvalue weighted by atomic mass is 32.2. The van der Waals surface area contributed by atoms with Crippen molar-refractivity contribution >= 4 is 17.7 Å². The van der Waals surface area contributed by atoms with Gasteiger partial charge in [-0.05, 0) is 13.8 Å². The average molecular weight is 230 g/mol. The summed E-state index contributed by atoms with van der Waals surface area (Å²) in [5, 5.41) is 0.345. The molecule has 0 aliphatic carbocycles. The Balaban J connectivity index is 3.99. The second-order valence-corrected chi connectivity index (χ2v) is 5.15. The monoisotopic (exact) mass is 230 g/mol. The third-order valence-electron chi connectivity index (χ3n) is 2.02. The number of hydrogen-bond acceptors (Lipinski definition) is 3. The summed E-state index contributed by atoms with van der Waals surface area (Å²) < 4.78 is 0. The molecule has 0 rings (SSSR count). The van der Waals surface area contributed by atoms with Gasteiger partial charge in [0.05, 0.1) is 5.75 Å². The van der Waals surface area contributed by atoms with Crippen molar-refractivity contribution in [1.29, 1.82) is 0 Å². The Morgan fingerprint density at radius 2 is 2.20 bits per heavy atom. The van der Waals surface area contributed by atoms with Crippen LogP contribution in [0.5, 0.6) is 0 Å². The molecule has 0 spiro atoms. The molecular formula is C11H22N2OS. The Labute approximate surface area is 97.1 Å². The van der Waals surface area contributed by atoms with Crippen molar-refractivity contribution in [3.63, 3.8) is 0 Å². The molecule has 0 aliphatic heterocycles. The van der Waals surface area contributed by atoms with Crippen LogP contribution in [0.4, 0.5) is 0 Å². The van der Waals surface area contributed by atoms with E-state index in [1.807, 2.05) is 25.7 Å². The van der Waals surface area contributed by atoms with Crippen molar-refractivity contribution in [2.45, 2.75) is 26.0 Å². The second-order valence-electron chi connectivity index (χ2n) is 3.72. The molecule has 1 unspecified atom stereocenters. The third kappa shape index (κ3) is 6.57. The lowest BCUT2D eigenvalue weighted by Gasteiger charge is -2.21. The van der Waals surface area contributed by atoms with Crippen LogP contribution in [0.15, 0.2) is 12.2 Å². The molecule has 0 radical (unpaired) electrons. The van der Waals surface area contributed by atoms with E-state index in [0.717, 1.165) is 12.1 Å². The third-order valence-corrected chi connectivity index (χ3v) is 3.19. The SMILES string of the molecule is C=C(C)CN(CC)C(=O)CSC(C)CN. The van der Waals surface area contributed by atoms with Gasteiger partial charge in [-0.15, -0.1) is 11.8 Å². The zero-order chi connectivity index (χ0) is 11.8. The van der Waals surface area contributed by atoms with Crippen molar-refractivity contribution in [3.8, 4) is 0 Å². The molecule has 0 aromatic carbocycles. The highest BCUT2D eigenvalue weighted by molar-refractivity contribution is 8.00. The lowest BCUT2D eigenvalue weighted by atomic mass is 10.3. The maximum absolute atomic E-state index is 11.8. The highest BCUT2D eigenvalue weighted by Crippen LogP contribution is 2.10. The van der Waals surface area contributed by atoms with Crippen LogP contribution in [-0.4, -0.2) is 41.4 Å². The highest BCUT2D eigenvalue weighted by Gasteiger charge is 2.12. The topological polar surface area (TPSA) is 46.3 Å². The van der Waals surface area contributed by atoms with Crippen LogP contribution in [0.1, 0.15) is 20.8 Å². The standard InChI is InChI=1S/C11H22N2OS/c1-5-13(7-9(2)3)11(14)8-15-10(4)6-12/h10H,2,5-8,12H2,1,3-4H3. The van der Waals surface area contributed by atoms with E-state index in [1.54, 1.807) is 11.8 Å². The molecule has 0 aromatic heterocycles. The number of nitrogens with two attached hydrogens (primary N) is 1. The number of rotatable bonds is 7. The van der Waals surface area contributed by atoms with Crippen molar-refractivity contribution in [3.05, 3.63) is 12.2 Å². The first-order chi connectivity index (χ1) is 7.01. The maximum atomic E-state index is 11.8. The summed E-state index contributed by atoms with van der Waals surface area (Å²) in [6, 6.07) is 0. The van der Waals surface area contributed by atoms with E-state index in [0.29, 0.717) is 24.1 Å². The molecule has 0 heterocycles. The maximum Gasteiger partial charge on any atom is 0.232 e. The molecule has 15 heavy (non-hydrogen) atoms. The normalized spacial score (nSPS) is 12.3. The van der Waals surface area contributed by atoms with Gasteiger partial charge < -0.3 is 10.6 Å². The molecule has 0 aliphatic rings. The summed E-state index contributed by atoms with van der Waals surface area (Å²) in [4.78, 5) is 13.6. The smallest absolute Gasteiger partial charge is 0.232 e. The van der Waals surface area contributed by atoms with Crippen LogP contribution in [-0.2, 0) is 4.79 Å². The summed E-state index contributed by atoms with van der Waals surface area (Å²) >= 11 is 1.61. The van der Waals surface area contributed by atoms with Gasteiger partial charge in [0.15, 0.2) is 0 Å². The van der Waals surface area contributed by atoms with Gasteiger partial charge in [-0.25, -0.2) is 0 Å². The minimum Gasteiger partial charge on any atom is -0.338 e. The van der Waals surface area contributed by atoms with Crippen LogP contribution in [0.3, 0.4) is 0 Å². The molecule has 0 aromatic rings. The fraction of sp³-hybridized carbons (Fsp3) is 0.727. The van der Waals surface area contributed by atoms with E-state index < -0.39 is 0 Å². The number of carbonyl (C=O) groups excluding carboxylic acids is 1. The van der Waals surface area contributed by atoms with Gasteiger partial charge in [0.1, 0.15) is 0 Å². The summed E-state index contributed by atoms with van der Waals surface area (Å²) in [5.41, 5.74) is 6.50. The molecule has 0 bridgehead atoms. The predicted octanol–water partition coefficient (Wildman–Crippen LogP) is 1.49. The fourth-order valence-corrected chi connectivity index (χ4v) is 1.82. The molecule has 0 saturated heterocycles. The number of hydrogen-bond donors (Lipinski definition) is 1. The molecule has 88 valence electrons. The summed E-state index contributed by atoms with van der Waals surface area (Å²) in [6.07, 6.45) is 0. The number of amides is 1. The van der Waals surface area contributed by atoms with E-state index in [2.05, 4.69) is 6.58 Å². The van der Waals surface area contributed by atoms with Crippen LogP contribution in [0, 0.1) is 0 Å². The fourth-order valence-electron chi connectivity index (χ4n) is 1.08. The first kappa shape index (κ1) is 14.5. The molecule has 2 N–H and O–H groups in total. The van der Waals surface area contributed by atoms with Crippen LogP contribution in [0.25, 0.3) is 0 Å². The molecule has 3 nitrogen and oxygen atoms in total. The van der Waals surface area contributed by atoms with E-state index in [4.69, 9.17) is 5.73 Å². The van der Waals surface area contributed by atoms with Gasteiger partial charge in [0.25, 0.3) is 0 Å². The average Bonchev–Trinajstić information content (AvgIpc) is 2.21. The summed E-state index contributed by atoms with van der Waals surface area (Å²) in [7, 11) is 0. The van der Waals surface area contributed by atoms with Gasteiger partial charge in [-0.2, -0.15) is 0 Å². The first-order valence-electron chi connectivity index (χ1n) is 5.25. The first-order valence-corrected chi connectivity index (χ1v) is 6.29. The van der Waals surface area contributed by atoms with Crippen molar-refractivity contribution in [2.24, 2.45) is 5.73 Å². The Morgan fingerprint density at radius 1 is 1.60 bits per heavy atom. The number of thioether (sulfide) groups is 1. The molecule has 0 fully saturated rings. The number of nitrogens with zero attached hydrogens (tertiary/aromatic N) is 1. The van der Waals surface area contributed by atoms with Gasteiger partial charge >= 0.3 is 0 Å². The lowest BCUT2D eigenvalue weighted by molar-refractivity contribution is -0.127. The van der Waals surface area contributed by atoms with Gasteiger partial charge in [0.2, 0.25) is 5.91 Å². The summed E-state index contributed by atoms with van der Waals surface area (Å²) in [6.45, 7) is 11.8. The van der Waals surface area contributed by atoms with E-state index in [1.165, 1.54) is 0 Å². The quantitative estimate of drug-likeness (QED) is 0.674. The molecule has 1 amide bonds. The van der Waals surface area contributed by atoms with Crippen molar-refractivity contribution in [1.82, 2.24) is 4.90 Å². The Hall–Kier alpha value is -0.480. The molecular weight excluding hydrogens is 208 g/mol. The zero-order valence-electron chi connectivity index (χ0n) is 9.95. The molecule has 0 saturated carbocycles. The Bertz CT molecular complexity index is 219. The largest absolute Gasteiger partial charge is 0.338 e. The second kappa shape index (κ2) is 7.77. The Kier molecular flexibility index (Phi) is 7.52.